The zero-order valence-electron chi connectivity index (χ0n) is 13.0. The molecule has 0 unspecified atom stereocenters. The first kappa shape index (κ1) is 16.9. The maximum Gasteiger partial charge on any atom is 0.161 e. The lowest BCUT2D eigenvalue weighted by Gasteiger charge is -2.29. The molecule has 10 heteroatoms. The Kier molecular flexibility index (Phi) is 4.25. The second-order valence-corrected chi connectivity index (χ2v) is 9.47. The molecule has 0 aliphatic carbocycles. The number of nitrogens with one attached hydrogen (secondary N) is 1. The van der Waals surface area contributed by atoms with E-state index in [1.807, 2.05) is 11.0 Å². The lowest BCUT2D eigenvalue weighted by Crippen LogP contribution is -2.41. The molecular formula is C15H14BrClN4O3S. The zero-order chi connectivity index (χ0) is 17.6. The molecule has 1 aromatic carbocycles. The lowest BCUT2D eigenvalue weighted by molar-refractivity contribution is 0.310. The SMILES string of the molecule is O=S1(=O)CCN(c2ncnc3c2COc2c(Cl)cc(Br)cc2N3)CC1. The van der Waals surface area contributed by atoms with Crippen LogP contribution in [0.3, 0.4) is 0 Å². The molecule has 0 atom stereocenters. The smallest absolute Gasteiger partial charge is 0.161 e. The highest BCUT2D eigenvalue weighted by atomic mass is 79.9. The van der Waals surface area contributed by atoms with Gasteiger partial charge in [-0.2, -0.15) is 0 Å². The summed E-state index contributed by atoms with van der Waals surface area (Å²) in [6.45, 7) is 1.06. The highest BCUT2D eigenvalue weighted by molar-refractivity contribution is 9.10. The van der Waals surface area contributed by atoms with Crippen LogP contribution < -0.4 is 15.0 Å². The van der Waals surface area contributed by atoms with E-state index >= 15 is 0 Å². The van der Waals surface area contributed by atoms with Gasteiger partial charge in [0.1, 0.15) is 24.6 Å². The first-order chi connectivity index (χ1) is 11.9. The summed E-state index contributed by atoms with van der Waals surface area (Å²) in [6.07, 6.45) is 1.47. The molecule has 1 N–H and O–H groups in total. The molecule has 0 amide bonds. The second-order valence-electron chi connectivity index (χ2n) is 5.84. The number of hydrogen-bond donors (Lipinski definition) is 1. The molecule has 0 spiro atoms. The molecule has 4 rings (SSSR count). The quantitative estimate of drug-likeness (QED) is 0.722. The van der Waals surface area contributed by atoms with Gasteiger partial charge in [-0.25, -0.2) is 18.4 Å². The van der Waals surface area contributed by atoms with Crippen LogP contribution in [0.2, 0.25) is 5.02 Å². The molecule has 132 valence electrons. The number of halogens is 2. The molecular weight excluding hydrogens is 432 g/mol. The van der Waals surface area contributed by atoms with Crippen molar-refractivity contribution in [1.29, 1.82) is 0 Å². The highest BCUT2D eigenvalue weighted by Gasteiger charge is 2.27. The number of anilines is 3. The summed E-state index contributed by atoms with van der Waals surface area (Å²) in [6, 6.07) is 3.63. The molecule has 25 heavy (non-hydrogen) atoms. The van der Waals surface area contributed by atoms with Gasteiger partial charge < -0.3 is 15.0 Å². The molecule has 0 saturated carbocycles. The summed E-state index contributed by atoms with van der Waals surface area (Å²) in [4.78, 5) is 10.6. The van der Waals surface area contributed by atoms with E-state index in [1.54, 1.807) is 6.07 Å². The molecule has 2 aliphatic rings. The Labute approximate surface area is 158 Å². The Morgan fingerprint density at radius 3 is 2.76 bits per heavy atom. The van der Waals surface area contributed by atoms with Crippen LogP contribution in [-0.2, 0) is 16.4 Å². The maximum absolute atomic E-state index is 11.7. The predicted molar refractivity (Wildman–Crippen MR) is 99.7 cm³/mol. The first-order valence-electron chi connectivity index (χ1n) is 7.61. The van der Waals surface area contributed by atoms with Gasteiger partial charge in [0.2, 0.25) is 0 Å². The van der Waals surface area contributed by atoms with Crippen molar-refractivity contribution in [2.45, 2.75) is 6.61 Å². The maximum atomic E-state index is 11.7. The molecule has 0 radical (unpaired) electrons. The van der Waals surface area contributed by atoms with Gasteiger partial charge in [0, 0.05) is 17.6 Å². The van der Waals surface area contributed by atoms with Gasteiger partial charge in [0.05, 0.1) is 27.8 Å². The third-order valence-electron chi connectivity index (χ3n) is 4.19. The van der Waals surface area contributed by atoms with Crippen LogP contribution in [0, 0.1) is 0 Å². The van der Waals surface area contributed by atoms with Crippen LogP contribution in [0.5, 0.6) is 5.75 Å². The number of ether oxygens (including phenoxy) is 1. The number of hydrogen-bond acceptors (Lipinski definition) is 7. The van der Waals surface area contributed by atoms with Crippen molar-refractivity contribution in [2.24, 2.45) is 0 Å². The molecule has 3 heterocycles. The Balaban J connectivity index is 1.71. The van der Waals surface area contributed by atoms with Crippen molar-refractivity contribution in [3.63, 3.8) is 0 Å². The fraction of sp³-hybridized carbons (Fsp3) is 0.333. The number of sulfone groups is 1. The van der Waals surface area contributed by atoms with E-state index in [1.165, 1.54) is 6.33 Å². The van der Waals surface area contributed by atoms with Crippen LogP contribution in [0.4, 0.5) is 17.3 Å². The van der Waals surface area contributed by atoms with E-state index in [9.17, 15) is 8.42 Å². The Bertz CT molecular complexity index is 940. The van der Waals surface area contributed by atoms with Crippen molar-refractivity contribution < 1.29 is 13.2 Å². The molecule has 1 aromatic heterocycles. The average molecular weight is 446 g/mol. The van der Waals surface area contributed by atoms with Crippen LogP contribution >= 0.6 is 27.5 Å². The molecule has 2 aromatic rings. The van der Waals surface area contributed by atoms with Crippen molar-refractivity contribution in [2.75, 3.05) is 34.8 Å². The van der Waals surface area contributed by atoms with Gasteiger partial charge >= 0.3 is 0 Å². The van der Waals surface area contributed by atoms with Gasteiger partial charge in [0.15, 0.2) is 15.6 Å². The summed E-state index contributed by atoms with van der Waals surface area (Å²) in [7, 11) is -2.96. The van der Waals surface area contributed by atoms with E-state index in [0.29, 0.717) is 41.2 Å². The largest absolute Gasteiger partial charge is 0.485 e. The fourth-order valence-corrected chi connectivity index (χ4v) is 4.98. The van der Waals surface area contributed by atoms with Gasteiger partial charge in [-0.3, -0.25) is 0 Å². The standard InChI is InChI=1S/C15H14BrClN4O3S/c16-9-5-11(17)13-12(6-9)20-14-10(7-24-13)15(19-8-18-14)21-1-3-25(22,23)4-2-21/h5-6,8H,1-4,7H2,(H,18,19,20). The number of rotatable bonds is 1. The molecule has 0 bridgehead atoms. The monoisotopic (exact) mass is 444 g/mol. The highest BCUT2D eigenvalue weighted by Crippen LogP contribution is 2.42. The minimum Gasteiger partial charge on any atom is -0.485 e. The van der Waals surface area contributed by atoms with Crippen molar-refractivity contribution in [1.82, 2.24) is 9.97 Å². The van der Waals surface area contributed by atoms with Gasteiger partial charge in [-0.1, -0.05) is 27.5 Å². The van der Waals surface area contributed by atoms with Crippen LogP contribution in [0.15, 0.2) is 22.9 Å². The average Bonchev–Trinajstić information content (AvgIpc) is 2.73. The van der Waals surface area contributed by atoms with E-state index < -0.39 is 9.84 Å². The fourth-order valence-electron chi connectivity index (χ4n) is 2.91. The molecule has 1 fully saturated rings. The van der Waals surface area contributed by atoms with Gasteiger partial charge in [0.25, 0.3) is 0 Å². The van der Waals surface area contributed by atoms with Crippen LogP contribution in [0.25, 0.3) is 0 Å². The summed E-state index contributed by atoms with van der Waals surface area (Å²) in [5.41, 5.74) is 1.49. The summed E-state index contributed by atoms with van der Waals surface area (Å²) in [5.74, 6) is 2.12. The topological polar surface area (TPSA) is 84.4 Å². The van der Waals surface area contributed by atoms with Crippen LogP contribution in [-0.4, -0.2) is 43.0 Å². The van der Waals surface area contributed by atoms with Crippen molar-refractivity contribution in [3.8, 4) is 5.75 Å². The Morgan fingerprint density at radius 2 is 2.00 bits per heavy atom. The molecule has 1 saturated heterocycles. The number of aromatic nitrogens is 2. The Hall–Kier alpha value is -1.58. The molecule has 7 nitrogen and oxygen atoms in total. The number of nitrogens with zero attached hydrogens (tertiary/aromatic N) is 3. The number of fused-ring (bicyclic) bond motifs is 2. The Morgan fingerprint density at radius 1 is 1.24 bits per heavy atom. The molecule has 2 aliphatic heterocycles. The predicted octanol–water partition coefficient (Wildman–Crippen LogP) is 2.76. The van der Waals surface area contributed by atoms with E-state index in [4.69, 9.17) is 16.3 Å². The van der Waals surface area contributed by atoms with Crippen LogP contribution in [0.1, 0.15) is 5.56 Å². The zero-order valence-corrected chi connectivity index (χ0v) is 16.2. The minimum absolute atomic E-state index is 0.124. The first-order valence-corrected chi connectivity index (χ1v) is 10.6. The summed E-state index contributed by atoms with van der Waals surface area (Å²) < 4.78 is 30.1. The third-order valence-corrected chi connectivity index (χ3v) is 6.54. The summed E-state index contributed by atoms with van der Waals surface area (Å²) >= 11 is 9.69. The van der Waals surface area contributed by atoms with Crippen molar-refractivity contribution in [3.05, 3.63) is 33.5 Å². The van der Waals surface area contributed by atoms with E-state index in [2.05, 4.69) is 31.2 Å². The third kappa shape index (κ3) is 3.28. The minimum atomic E-state index is -2.96. The lowest BCUT2D eigenvalue weighted by atomic mass is 10.2. The van der Waals surface area contributed by atoms with Gasteiger partial charge in [-0.15, -0.1) is 0 Å². The number of benzene rings is 1. The van der Waals surface area contributed by atoms with E-state index in [0.717, 1.165) is 10.0 Å². The second kappa shape index (κ2) is 6.30. The van der Waals surface area contributed by atoms with Crippen molar-refractivity contribution >= 4 is 54.7 Å². The summed E-state index contributed by atoms with van der Waals surface area (Å²) in [5, 5.41) is 3.73. The van der Waals surface area contributed by atoms with E-state index in [-0.39, 0.29) is 18.1 Å². The normalized spacial score (nSPS) is 18.4. The van der Waals surface area contributed by atoms with Gasteiger partial charge in [-0.05, 0) is 12.1 Å².